The summed E-state index contributed by atoms with van der Waals surface area (Å²) in [5, 5.41) is 0. The molecule has 1 unspecified atom stereocenters. The van der Waals surface area contributed by atoms with Gasteiger partial charge in [0.25, 0.3) is 0 Å². The fourth-order valence-electron chi connectivity index (χ4n) is 7.37. The zero-order valence-electron chi connectivity index (χ0n) is 34.2. The minimum Gasteiger partial charge on any atom is -0.0980 e. The van der Waals surface area contributed by atoms with Crippen molar-refractivity contribution in [2.45, 2.75) is 156 Å². The Kier molecular flexibility index (Phi) is 19.6. The third-order valence-electron chi connectivity index (χ3n) is 10.4. The molecule has 0 heterocycles. The summed E-state index contributed by atoms with van der Waals surface area (Å²) in [4.78, 5) is 0. The van der Waals surface area contributed by atoms with Gasteiger partial charge in [-0.1, -0.05) is 139 Å². The van der Waals surface area contributed by atoms with Crippen LogP contribution in [0, 0.1) is 36.5 Å². The number of hydrogen-bond acceptors (Lipinski definition) is 0. The van der Waals surface area contributed by atoms with Crippen LogP contribution in [0.5, 0.6) is 0 Å². The van der Waals surface area contributed by atoms with E-state index < -0.39 is 0 Å². The lowest BCUT2D eigenvalue weighted by atomic mass is 9.43. The number of fused-ring (bicyclic) bond motifs is 2. The van der Waals surface area contributed by atoms with Crippen molar-refractivity contribution in [3.63, 3.8) is 0 Å². The number of aryl methyl sites for hydroxylation is 2. The molecule has 47 heavy (non-hydrogen) atoms. The summed E-state index contributed by atoms with van der Waals surface area (Å²) in [6.07, 6.45) is 14.8. The molecule has 0 radical (unpaired) electrons. The highest BCUT2D eigenvalue weighted by Gasteiger charge is 2.58. The molecule has 3 rings (SSSR count). The van der Waals surface area contributed by atoms with Gasteiger partial charge in [-0.15, -0.1) is 0 Å². The second kappa shape index (κ2) is 20.7. The number of hydrogen-bond donors (Lipinski definition) is 0. The standard InChI is InChI=1S/C38H54.C5H10.2C2H6/c1-13-14-35-36(31(10)34-18-17-28(7)29(8)23-34)32(11)38(22-19-26(4)5)30(9)20-21-37(35,33(38)12)24-27(6)16-15-25(2)3;1-4-5(2)3;2*1-2/h15,17-19,23,27,30H,10-14,16,20-22,24H2,1-9H3;4H,1-3H3;2*1-2H3/t27-,30?,37+,38-;;;/m0.../s1. The van der Waals surface area contributed by atoms with Gasteiger partial charge in [-0.2, -0.15) is 0 Å². The van der Waals surface area contributed by atoms with Gasteiger partial charge in [0, 0.05) is 10.8 Å². The molecule has 1 saturated carbocycles. The Morgan fingerprint density at radius 1 is 0.915 bits per heavy atom. The molecular formula is C47H76. The summed E-state index contributed by atoms with van der Waals surface area (Å²) in [5.41, 5.74) is 14.7. The zero-order valence-corrected chi connectivity index (χ0v) is 34.2. The van der Waals surface area contributed by atoms with Crippen LogP contribution in [0.2, 0.25) is 0 Å². The minimum atomic E-state index is -0.124. The minimum absolute atomic E-state index is 0.00607. The fraction of sp³-hybridized carbons (Fsp3) is 0.574. The second-order valence-corrected chi connectivity index (χ2v) is 14.5. The first-order chi connectivity index (χ1) is 22.1. The molecule has 0 aliphatic heterocycles. The Balaban J connectivity index is 0.00000211. The summed E-state index contributed by atoms with van der Waals surface area (Å²) in [6, 6.07) is 6.85. The molecule has 0 amide bonds. The summed E-state index contributed by atoms with van der Waals surface area (Å²) in [5.74, 6) is 1.09. The molecule has 0 spiro atoms. The zero-order chi connectivity index (χ0) is 36.7. The third-order valence-corrected chi connectivity index (χ3v) is 10.4. The van der Waals surface area contributed by atoms with E-state index in [-0.39, 0.29) is 10.8 Å². The van der Waals surface area contributed by atoms with Gasteiger partial charge in [0.15, 0.2) is 0 Å². The molecule has 2 aliphatic carbocycles. The monoisotopic (exact) mass is 641 g/mol. The van der Waals surface area contributed by atoms with E-state index in [1.165, 1.54) is 63.0 Å². The Bertz CT molecular complexity index is 1310. The molecule has 2 bridgehead atoms. The van der Waals surface area contributed by atoms with Crippen LogP contribution < -0.4 is 0 Å². The lowest BCUT2D eigenvalue weighted by Crippen LogP contribution is -2.50. The van der Waals surface area contributed by atoms with Crippen LogP contribution in [0.25, 0.3) is 5.57 Å². The smallest absolute Gasteiger partial charge is 0.0228 e. The van der Waals surface area contributed by atoms with E-state index in [9.17, 15) is 0 Å². The van der Waals surface area contributed by atoms with Gasteiger partial charge in [-0.25, -0.2) is 0 Å². The van der Waals surface area contributed by atoms with Crippen molar-refractivity contribution in [1.82, 2.24) is 0 Å². The first kappa shape index (κ1) is 44.4. The quantitative estimate of drug-likeness (QED) is 0.223. The van der Waals surface area contributed by atoms with Crippen LogP contribution in [0.15, 0.2) is 95.2 Å². The predicted octanol–water partition coefficient (Wildman–Crippen LogP) is 15.7. The van der Waals surface area contributed by atoms with Gasteiger partial charge in [0.2, 0.25) is 0 Å². The Labute approximate surface area is 295 Å². The summed E-state index contributed by atoms with van der Waals surface area (Å²) < 4.78 is 0. The van der Waals surface area contributed by atoms with E-state index in [1.54, 1.807) is 5.57 Å². The molecule has 1 aromatic rings. The molecule has 0 N–H and O–H groups in total. The Hall–Kier alpha value is -2.60. The van der Waals surface area contributed by atoms with Gasteiger partial charge in [0.05, 0.1) is 0 Å². The maximum absolute atomic E-state index is 5.03. The van der Waals surface area contributed by atoms with Crippen LogP contribution in [-0.2, 0) is 0 Å². The van der Waals surface area contributed by atoms with Gasteiger partial charge in [-0.3, -0.25) is 0 Å². The van der Waals surface area contributed by atoms with E-state index >= 15 is 0 Å². The van der Waals surface area contributed by atoms with Crippen molar-refractivity contribution in [3.8, 4) is 0 Å². The summed E-state index contributed by atoms with van der Waals surface area (Å²) >= 11 is 0. The molecule has 4 atom stereocenters. The van der Waals surface area contributed by atoms with E-state index in [2.05, 4.69) is 113 Å². The van der Waals surface area contributed by atoms with Crippen LogP contribution in [0.1, 0.15) is 159 Å². The molecular weight excluding hydrogens is 565 g/mol. The van der Waals surface area contributed by atoms with E-state index in [1.807, 2.05) is 34.6 Å². The maximum Gasteiger partial charge on any atom is 0.0228 e. The van der Waals surface area contributed by atoms with Crippen molar-refractivity contribution in [1.29, 1.82) is 0 Å². The van der Waals surface area contributed by atoms with Gasteiger partial charge in [0.1, 0.15) is 0 Å². The van der Waals surface area contributed by atoms with Crippen LogP contribution in [-0.4, -0.2) is 0 Å². The molecule has 0 saturated heterocycles. The maximum atomic E-state index is 5.03. The normalized spacial score (nSPS) is 21.8. The van der Waals surface area contributed by atoms with Crippen LogP contribution in [0.3, 0.4) is 0 Å². The number of allylic oxidation sites excluding steroid dienone is 11. The van der Waals surface area contributed by atoms with Crippen molar-refractivity contribution < 1.29 is 0 Å². The average molecular weight is 641 g/mol. The predicted molar refractivity (Wildman–Crippen MR) is 218 cm³/mol. The second-order valence-electron chi connectivity index (χ2n) is 14.5. The largest absolute Gasteiger partial charge is 0.0980 e. The van der Waals surface area contributed by atoms with E-state index in [0.29, 0.717) is 11.8 Å². The molecule has 1 fully saturated rings. The molecule has 2 aliphatic rings. The summed E-state index contributed by atoms with van der Waals surface area (Å²) in [6.45, 7) is 49.5. The lowest BCUT2D eigenvalue weighted by Gasteiger charge is -2.61. The van der Waals surface area contributed by atoms with E-state index in [4.69, 9.17) is 19.7 Å². The van der Waals surface area contributed by atoms with Crippen molar-refractivity contribution >= 4 is 5.57 Å². The SMILES string of the molecule is C=C(C1=C(CCC)[C@@]2(C[C@@H](C)CC=C(C)C)CCC(C)[C@@](CC=C(C)C)(C1=C)C2=C)c1ccc(C)c(C)c1.CC.CC.CC=C(C)C. The fourth-order valence-corrected chi connectivity index (χ4v) is 7.37. The Morgan fingerprint density at radius 3 is 1.94 bits per heavy atom. The first-order valence-corrected chi connectivity index (χ1v) is 18.8. The highest BCUT2D eigenvalue weighted by Crippen LogP contribution is 2.69. The van der Waals surface area contributed by atoms with Crippen molar-refractivity contribution in [2.24, 2.45) is 22.7 Å². The third kappa shape index (κ3) is 10.7. The van der Waals surface area contributed by atoms with Crippen molar-refractivity contribution in [3.05, 3.63) is 112 Å². The number of benzene rings is 1. The highest BCUT2D eigenvalue weighted by atomic mass is 14.6. The van der Waals surface area contributed by atoms with Crippen molar-refractivity contribution in [2.75, 3.05) is 0 Å². The molecule has 0 heteroatoms. The number of rotatable bonds is 10. The highest BCUT2D eigenvalue weighted by molar-refractivity contribution is 5.86. The first-order valence-electron chi connectivity index (χ1n) is 18.8. The molecule has 264 valence electrons. The van der Waals surface area contributed by atoms with Gasteiger partial charge < -0.3 is 0 Å². The average Bonchev–Trinajstić information content (AvgIpc) is 3.04. The molecule has 0 aromatic heterocycles. The van der Waals surface area contributed by atoms with Crippen LogP contribution >= 0.6 is 0 Å². The lowest BCUT2D eigenvalue weighted by molar-refractivity contribution is 0.115. The molecule has 0 nitrogen and oxygen atoms in total. The topological polar surface area (TPSA) is 0 Å². The Morgan fingerprint density at radius 2 is 1.47 bits per heavy atom. The van der Waals surface area contributed by atoms with Gasteiger partial charge in [-0.05, 0) is 146 Å². The van der Waals surface area contributed by atoms with Crippen LogP contribution in [0.4, 0.5) is 0 Å². The van der Waals surface area contributed by atoms with Gasteiger partial charge >= 0.3 is 0 Å². The van der Waals surface area contributed by atoms with E-state index in [0.717, 1.165) is 37.7 Å². The summed E-state index contributed by atoms with van der Waals surface area (Å²) in [7, 11) is 0. The molecule has 1 aromatic carbocycles.